The topological polar surface area (TPSA) is 76.7 Å². The van der Waals surface area contributed by atoms with Crippen molar-refractivity contribution in [2.75, 3.05) is 6.54 Å². The molecule has 0 bridgehead atoms. The highest BCUT2D eigenvalue weighted by molar-refractivity contribution is 5.46. The van der Waals surface area contributed by atoms with E-state index in [1.54, 1.807) is 12.3 Å². The molecule has 6 nitrogen and oxygen atoms in total. The van der Waals surface area contributed by atoms with Crippen LogP contribution in [0.2, 0.25) is 0 Å². The second-order valence-electron chi connectivity index (χ2n) is 5.50. The van der Waals surface area contributed by atoms with Gasteiger partial charge in [0, 0.05) is 12.2 Å². The highest BCUT2D eigenvalue weighted by Crippen LogP contribution is 2.32. The molecule has 1 N–H and O–H groups in total. The predicted octanol–water partition coefficient (Wildman–Crippen LogP) is 2.55. The highest BCUT2D eigenvalue weighted by Gasteiger charge is 2.30. The number of hydrogen-bond acceptors (Lipinski definition) is 6. The molecule has 0 saturated heterocycles. The number of aromatic nitrogens is 4. The van der Waals surface area contributed by atoms with E-state index < -0.39 is 0 Å². The van der Waals surface area contributed by atoms with E-state index in [9.17, 15) is 0 Å². The van der Waals surface area contributed by atoms with Crippen molar-refractivity contribution in [2.24, 2.45) is 0 Å². The summed E-state index contributed by atoms with van der Waals surface area (Å²) in [4.78, 5) is 12.6. The molecule has 0 spiro atoms. The lowest BCUT2D eigenvalue weighted by Gasteiger charge is -2.29. The number of nitrogens with zero attached hydrogens (tertiary/aromatic N) is 4. The Morgan fingerprint density at radius 3 is 3.05 bits per heavy atom. The van der Waals surface area contributed by atoms with E-state index in [0.717, 1.165) is 25.3 Å². The second kappa shape index (κ2) is 6.76. The quantitative estimate of drug-likeness (QED) is 0.910. The number of rotatable bonds is 5. The lowest BCUT2D eigenvalue weighted by molar-refractivity contribution is 0.263. The molecular weight excluding hydrogens is 266 g/mol. The fraction of sp³-hybridized carbons (Fsp3) is 0.600. The van der Waals surface area contributed by atoms with Crippen molar-refractivity contribution in [3.63, 3.8) is 0 Å². The Morgan fingerprint density at radius 2 is 2.24 bits per heavy atom. The van der Waals surface area contributed by atoms with Crippen LogP contribution in [-0.2, 0) is 0 Å². The van der Waals surface area contributed by atoms with Gasteiger partial charge in [-0.2, -0.15) is 4.98 Å². The molecule has 1 aliphatic carbocycles. The maximum Gasteiger partial charge on any atom is 0.231 e. The molecule has 1 aliphatic rings. The molecule has 2 heterocycles. The maximum absolute atomic E-state index is 5.51. The van der Waals surface area contributed by atoms with E-state index in [1.807, 2.05) is 0 Å². The molecule has 2 unspecified atom stereocenters. The first-order valence-corrected chi connectivity index (χ1v) is 7.72. The van der Waals surface area contributed by atoms with Gasteiger partial charge in [0.15, 0.2) is 0 Å². The number of nitrogens with one attached hydrogen (secondary N) is 1. The summed E-state index contributed by atoms with van der Waals surface area (Å²) in [5.74, 6) is 1.59. The molecule has 0 amide bonds. The third-order valence-corrected chi connectivity index (χ3v) is 3.99. The SMILES string of the molecule is CCCNC1CCCCC1c1nc(-c2ccncn2)no1. The molecule has 0 aromatic carbocycles. The zero-order chi connectivity index (χ0) is 14.5. The summed E-state index contributed by atoms with van der Waals surface area (Å²) in [5.41, 5.74) is 0.703. The van der Waals surface area contributed by atoms with Crippen LogP contribution in [-0.4, -0.2) is 32.7 Å². The monoisotopic (exact) mass is 287 g/mol. The minimum atomic E-state index is 0.313. The van der Waals surface area contributed by atoms with Gasteiger partial charge < -0.3 is 9.84 Å². The summed E-state index contributed by atoms with van der Waals surface area (Å²) >= 11 is 0. The minimum absolute atomic E-state index is 0.313. The summed E-state index contributed by atoms with van der Waals surface area (Å²) in [5, 5.41) is 7.69. The van der Waals surface area contributed by atoms with Crippen LogP contribution in [0.3, 0.4) is 0 Å². The molecule has 2 aromatic heterocycles. The zero-order valence-electron chi connectivity index (χ0n) is 12.3. The molecule has 3 rings (SSSR count). The molecule has 0 aliphatic heterocycles. The minimum Gasteiger partial charge on any atom is -0.339 e. The van der Waals surface area contributed by atoms with Gasteiger partial charge in [-0.25, -0.2) is 9.97 Å². The Kier molecular flexibility index (Phi) is 4.55. The van der Waals surface area contributed by atoms with Crippen molar-refractivity contribution in [2.45, 2.75) is 51.0 Å². The molecule has 2 aromatic rings. The van der Waals surface area contributed by atoms with Crippen LogP contribution in [0.15, 0.2) is 23.1 Å². The van der Waals surface area contributed by atoms with Gasteiger partial charge in [0.25, 0.3) is 0 Å². The zero-order valence-corrected chi connectivity index (χ0v) is 12.3. The van der Waals surface area contributed by atoms with Gasteiger partial charge in [0.2, 0.25) is 11.7 Å². The van der Waals surface area contributed by atoms with Gasteiger partial charge in [-0.05, 0) is 31.9 Å². The summed E-state index contributed by atoms with van der Waals surface area (Å²) in [7, 11) is 0. The maximum atomic E-state index is 5.51. The van der Waals surface area contributed by atoms with Gasteiger partial charge >= 0.3 is 0 Å². The van der Waals surface area contributed by atoms with Crippen molar-refractivity contribution in [3.8, 4) is 11.5 Å². The molecule has 6 heteroatoms. The average molecular weight is 287 g/mol. The molecular formula is C15H21N5O. The van der Waals surface area contributed by atoms with Crippen LogP contribution < -0.4 is 5.32 Å². The van der Waals surface area contributed by atoms with Gasteiger partial charge in [0.05, 0.1) is 5.92 Å². The van der Waals surface area contributed by atoms with Crippen molar-refractivity contribution in [1.29, 1.82) is 0 Å². The Hall–Kier alpha value is -1.82. The third kappa shape index (κ3) is 3.26. The lowest BCUT2D eigenvalue weighted by atomic mass is 9.84. The average Bonchev–Trinajstić information content (AvgIpc) is 3.04. The van der Waals surface area contributed by atoms with E-state index in [1.165, 1.54) is 25.6 Å². The van der Waals surface area contributed by atoms with Crippen LogP contribution in [0, 0.1) is 0 Å². The Labute approximate surface area is 124 Å². The van der Waals surface area contributed by atoms with Crippen LogP contribution in [0.25, 0.3) is 11.5 Å². The summed E-state index contributed by atoms with van der Waals surface area (Å²) < 4.78 is 5.51. The van der Waals surface area contributed by atoms with Crippen LogP contribution in [0.5, 0.6) is 0 Å². The predicted molar refractivity (Wildman–Crippen MR) is 78.6 cm³/mol. The van der Waals surface area contributed by atoms with Crippen LogP contribution in [0.4, 0.5) is 0 Å². The normalized spacial score (nSPS) is 22.3. The molecule has 0 radical (unpaired) electrons. The first-order chi connectivity index (χ1) is 10.4. The molecule has 1 saturated carbocycles. The van der Waals surface area contributed by atoms with Gasteiger partial charge in [-0.15, -0.1) is 0 Å². The van der Waals surface area contributed by atoms with E-state index in [4.69, 9.17) is 4.52 Å². The first-order valence-electron chi connectivity index (χ1n) is 7.72. The van der Waals surface area contributed by atoms with E-state index >= 15 is 0 Å². The Morgan fingerprint density at radius 1 is 1.33 bits per heavy atom. The third-order valence-electron chi connectivity index (χ3n) is 3.99. The summed E-state index contributed by atoms with van der Waals surface area (Å²) in [6, 6.07) is 2.24. The van der Waals surface area contributed by atoms with Crippen molar-refractivity contribution in [1.82, 2.24) is 25.4 Å². The summed E-state index contributed by atoms with van der Waals surface area (Å²) in [6.45, 7) is 3.22. The van der Waals surface area contributed by atoms with Gasteiger partial charge in [-0.1, -0.05) is 24.9 Å². The summed E-state index contributed by atoms with van der Waals surface area (Å²) in [6.07, 6.45) is 9.09. The van der Waals surface area contributed by atoms with E-state index in [-0.39, 0.29) is 0 Å². The standard InChI is InChI=1S/C15H21N5O/c1-2-8-17-12-6-4-3-5-11(12)15-19-14(20-21-15)13-7-9-16-10-18-13/h7,9-12,17H,2-6,8H2,1H3. The second-order valence-corrected chi connectivity index (χ2v) is 5.50. The van der Waals surface area contributed by atoms with E-state index in [0.29, 0.717) is 23.5 Å². The van der Waals surface area contributed by atoms with Gasteiger partial charge in [-0.3, -0.25) is 0 Å². The van der Waals surface area contributed by atoms with E-state index in [2.05, 4.69) is 32.3 Å². The van der Waals surface area contributed by atoms with Crippen molar-refractivity contribution < 1.29 is 4.52 Å². The Bertz CT molecular complexity index is 556. The fourth-order valence-corrected chi connectivity index (χ4v) is 2.91. The number of hydrogen-bond donors (Lipinski definition) is 1. The van der Waals surface area contributed by atoms with Crippen LogP contribution in [0.1, 0.15) is 50.8 Å². The lowest BCUT2D eigenvalue weighted by Crippen LogP contribution is -2.37. The van der Waals surface area contributed by atoms with Crippen molar-refractivity contribution >= 4 is 0 Å². The molecule has 1 fully saturated rings. The highest BCUT2D eigenvalue weighted by atomic mass is 16.5. The molecule has 112 valence electrons. The largest absolute Gasteiger partial charge is 0.339 e. The van der Waals surface area contributed by atoms with Gasteiger partial charge in [0.1, 0.15) is 12.0 Å². The molecule has 21 heavy (non-hydrogen) atoms. The first kappa shape index (κ1) is 14.1. The smallest absolute Gasteiger partial charge is 0.231 e. The van der Waals surface area contributed by atoms with Crippen LogP contribution >= 0.6 is 0 Å². The Balaban J connectivity index is 1.77. The molecule has 2 atom stereocenters. The van der Waals surface area contributed by atoms with Crippen molar-refractivity contribution in [3.05, 3.63) is 24.5 Å². The fourth-order valence-electron chi connectivity index (χ4n) is 2.91.